The molecule has 5 rings (SSSR count). The zero-order chi connectivity index (χ0) is 27.9. The number of methoxy groups -OCH3 is 1. The third-order valence-corrected chi connectivity index (χ3v) is 6.19. The topological polar surface area (TPSA) is 94.5 Å². The summed E-state index contributed by atoms with van der Waals surface area (Å²) in [5.74, 6) is 1.33. The van der Waals surface area contributed by atoms with Gasteiger partial charge in [-0.1, -0.05) is 42.5 Å². The zero-order valence-electron chi connectivity index (χ0n) is 22.1. The molecule has 0 aliphatic rings. The molecule has 1 amide bonds. The van der Waals surface area contributed by atoms with Crippen LogP contribution in [0, 0.1) is 6.92 Å². The summed E-state index contributed by atoms with van der Waals surface area (Å²) >= 11 is 0. The molecule has 0 fully saturated rings. The molecule has 1 aromatic heterocycles. The number of benzene rings is 4. The Morgan fingerprint density at radius 1 is 0.875 bits per heavy atom. The minimum absolute atomic E-state index is 0.190. The van der Waals surface area contributed by atoms with Gasteiger partial charge in [0.25, 0.3) is 11.5 Å². The van der Waals surface area contributed by atoms with E-state index in [1.54, 1.807) is 55.6 Å². The second kappa shape index (κ2) is 12.0. The van der Waals surface area contributed by atoms with E-state index in [-0.39, 0.29) is 17.3 Å². The van der Waals surface area contributed by atoms with E-state index in [9.17, 15) is 9.59 Å². The maximum atomic E-state index is 13.7. The number of rotatable bonds is 9. The van der Waals surface area contributed by atoms with E-state index in [0.29, 0.717) is 35.0 Å². The van der Waals surface area contributed by atoms with Crippen molar-refractivity contribution >= 4 is 17.3 Å². The maximum absolute atomic E-state index is 13.7. The molecule has 0 aliphatic heterocycles. The Morgan fingerprint density at radius 3 is 2.33 bits per heavy atom. The second-order valence-corrected chi connectivity index (χ2v) is 9.09. The van der Waals surface area contributed by atoms with Gasteiger partial charge in [-0.3, -0.25) is 9.59 Å². The van der Waals surface area contributed by atoms with Crippen molar-refractivity contribution in [3.8, 4) is 22.9 Å². The summed E-state index contributed by atoms with van der Waals surface area (Å²) in [6, 6.07) is 31.1. The number of carbonyl (C=O) groups excluding carboxylic acids is 1. The Morgan fingerprint density at radius 2 is 1.62 bits per heavy atom. The van der Waals surface area contributed by atoms with E-state index >= 15 is 0 Å². The fraction of sp³-hybridized carbons (Fsp3) is 0.0938. The molecule has 4 aromatic carbocycles. The molecule has 8 nitrogen and oxygen atoms in total. The SMILES string of the molecule is COc1ccc(-n2ncc(Oc3cccc(C)c3)c(Nc3ccc(C(=O)NCc4ccccc4)cc3)c2=O)cc1. The van der Waals surface area contributed by atoms with Gasteiger partial charge in [-0.05, 0) is 78.7 Å². The van der Waals surface area contributed by atoms with E-state index in [2.05, 4.69) is 15.7 Å². The van der Waals surface area contributed by atoms with Crippen molar-refractivity contribution in [2.24, 2.45) is 0 Å². The van der Waals surface area contributed by atoms with Crippen molar-refractivity contribution in [2.45, 2.75) is 13.5 Å². The Labute approximate surface area is 231 Å². The van der Waals surface area contributed by atoms with Crippen LogP contribution in [0.15, 0.2) is 114 Å². The van der Waals surface area contributed by atoms with Crippen molar-refractivity contribution < 1.29 is 14.3 Å². The van der Waals surface area contributed by atoms with Crippen LogP contribution in [-0.2, 0) is 6.54 Å². The van der Waals surface area contributed by atoms with Crippen molar-refractivity contribution in [1.82, 2.24) is 15.1 Å². The zero-order valence-corrected chi connectivity index (χ0v) is 22.1. The molecule has 0 atom stereocenters. The summed E-state index contributed by atoms with van der Waals surface area (Å²) in [5.41, 5.74) is 3.52. The molecule has 40 heavy (non-hydrogen) atoms. The summed E-state index contributed by atoms with van der Waals surface area (Å²) < 4.78 is 12.6. The number of carbonyl (C=O) groups is 1. The quantitative estimate of drug-likeness (QED) is 0.241. The van der Waals surface area contributed by atoms with Crippen LogP contribution in [-0.4, -0.2) is 22.8 Å². The third kappa shape index (κ3) is 6.19. The summed E-state index contributed by atoms with van der Waals surface area (Å²) in [4.78, 5) is 26.3. The lowest BCUT2D eigenvalue weighted by molar-refractivity contribution is 0.0951. The highest BCUT2D eigenvalue weighted by atomic mass is 16.5. The van der Waals surface area contributed by atoms with Gasteiger partial charge in [0.1, 0.15) is 11.5 Å². The lowest BCUT2D eigenvalue weighted by Gasteiger charge is -2.15. The molecular formula is C32H28N4O4. The monoisotopic (exact) mass is 532 g/mol. The fourth-order valence-corrected chi connectivity index (χ4v) is 4.07. The molecule has 1 heterocycles. The third-order valence-electron chi connectivity index (χ3n) is 6.19. The van der Waals surface area contributed by atoms with Gasteiger partial charge in [0, 0.05) is 17.8 Å². The first-order valence-corrected chi connectivity index (χ1v) is 12.7. The Balaban J connectivity index is 1.42. The fourth-order valence-electron chi connectivity index (χ4n) is 4.07. The first-order valence-electron chi connectivity index (χ1n) is 12.7. The number of aryl methyl sites for hydroxylation is 1. The van der Waals surface area contributed by atoms with Crippen molar-refractivity contribution in [3.05, 3.63) is 136 Å². The number of amides is 1. The largest absolute Gasteiger partial charge is 0.497 e. The van der Waals surface area contributed by atoms with E-state index in [1.807, 2.05) is 61.5 Å². The smallest absolute Gasteiger partial charge is 0.299 e. The lowest BCUT2D eigenvalue weighted by atomic mass is 10.1. The van der Waals surface area contributed by atoms with Gasteiger partial charge in [0.15, 0.2) is 11.4 Å². The molecule has 0 unspecified atom stereocenters. The minimum Gasteiger partial charge on any atom is -0.497 e. The standard InChI is InChI=1S/C32H28N4O4/c1-22-7-6-10-28(19-22)40-29-21-34-36(26-15-17-27(39-2)18-16-26)32(38)30(29)35-25-13-11-24(12-14-25)31(37)33-20-23-8-4-3-5-9-23/h3-19,21,35H,20H2,1-2H3,(H,33,37). The highest BCUT2D eigenvalue weighted by molar-refractivity contribution is 5.94. The molecule has 2 N–H and O–H groups in total. The highest BCUT2D eigenvalue weighted by Crippen LogP contribution is 2.29. The van der Waals surface area contributed by atoms with Gasteiger partial charge >= 0.3 is 0 Å². The van der Waals surface area contributed by atoms with Crippen LogP contribution in [0.5, 0.6) is 17.2 Å². The Kier molecular flexibility index (Phi) is 7.87. The van der Waals surface area contributed by atoms with Crippen molar-refractivity contribution in [3.63, 3.8) is 0 Å². The van der Waals surface area contributed by atoms with E-state index in [4.69, 9.17) is 9.47 Å². The molecule has 200 valence electrons. The average molecular weight is 533 g/mol. The van der Waals surface area contributed by atoms with Gasteiger partial charge in [-0.2, -0.15) is 9.78 Å². The predicted molar refractivity (Wildman–Crippen MR) is 155 cm³/mol. The van der Waals surface area contributed by atoms with Gasteiger partial charge < -0.3 is 20.1 Å². The first-order chi connectivity index (χ1) is 19.5. The molecule has 0 radical (unpaired) electrons. The normalized spacial score (nSPS) is 10.6. The Hall–Kier alpha value is -5.37. The van der Waals surface area contributed by atoms with Crippen LogP contribution >= 0.6 is 0 Å². The number of ether oxygens (including phenoxy) is 2. The second-order valence-electron chi connectivity index (χ2n) is 9.09. The summed E-state index contributed by atoms with van der Waals surface area (Å²) in [6.45, 7) is 2.39. The number of nitrogens with zero attached hydrogens (tertiary/aromatic N) is 2. The van der Waals surface area contributed by atoms with E-state index in [0.717, 1.165) is 11.1 Å². The molecular weight excluding hydrogens is 504 g/mol. The number of nitrogens with one attached hydrogen (secondary N) is 2. The summed E-state index contributed by atoms with van der Waals surface area (Å²) in [7, 11) is 1.58. The van der Waals surface area contributed by atoms with Crippen LogP contribution in [0.2, 0.25) is 0 Å². The van der Waals surface area contributed by atoms with Crippen LogP contribution in [0.1, 0.15) is 21.5 Å². The van der Waals surface area contributed by atoms with Crippen LogP contribution in [0.4, 0.5) is 11.4 Å². The van der Waals surface area contributed by atoms with E-state index < -0.39 is 5.56 Å². The lowest BCUT2D eigenvalue weighted by Crippen LogP contribution is -2.24. The maximum Gasteiger partial charge on any atom is 0.299 e. The molecule has 0 saturated carbocycles. The first kappa shape index (κ1) is 26.2. The van der Waals surface area contributed by atoms with Crippen molar-refractivity contribution in [2.75, 3.05) is 12.4 Å². The van der Waals surface area contributed by atoms with Gasteiger partial charge in [-0.25, -0.2) is 0 Å². The Bertz CT molecular complexity index is 1660. The summed E-state index contributed by atoms with van der Waals surface area (Å²) in [6.07, 6.45) is 1.50. The van der Waals surface area contributed by atoms with Crippen molar-refractivity contribution in [1.29, 1.82) is 0 Å². The molecule has 0 aliphatic carbocycles. The molecule has 0 spiro atoms. The van der Waals surface area contributed by atoms with Crippen LogP contribution < -0.4 is 25.7 Å². The predicted octanol–water partition coefficient (Wildman–Crippen LogP) is 6.02. The number of hydrogen-bond donors (Lipinski definition) is 2. The molecule has 0 saturated heterocycles. The highest BCUT2D eigenvalue weighted by Gasteiger charge is 2.16. The number of anilines is 2. The van der Waals surface area contributed by atoms with Gasteiger partial charge in [0.2, 0.25) is 0 Å². The summed E-state index contributed by atoms with van der Waals surface area (Å²) in [5, 5.41) is 10.4. The van der Waals surface area contributed by atoms with Gasteiger partial charge in [-0.15, -0.1) is 0 Å². The van der Waals surface area contributed by atoms with E-state index in [1.165, 1.54) is 10.9 Å². The average Bonchev–Trinajstić information content (AvgIpc) is 2.99. The van der Waals surface area contributed by atoms with Crippen LogP contribution in [0.25, 0.3) is 5.69 Å². The molecule has 8 heteroatoms. The minimum atomic E-state index is -0.403. The molecule has 5 aromatic rings. The van der Waals surface area contributed by atoms with Crippen LogP contribution in [0.3, 0.4) is 0 Å². The van der Waals surface area contributed by atoms with Gasteiger partial charge in [0.05, 0.1) is 19.0 Å². The number of hydrogen-bond acceptors (Lipinski definition) is 6. The molecule has 0 bridgehead atoms. The number of aromatic nitrogens is 2.